The number of nitrogens with one attached hydrogen (secondary N) is 1. The van der Waals surface area contributed by atoms with E-state index >= 15 is 0 Å². The second-order valence-electron chi connectivity index (χ2n) is 5.58. The predicted molar refractivity (Wildman–Crippen MR) is 90.5 cm³/mol. The van der Waals surface area contributed by atoms with Crippen molar-refractivity contribution < 1.29 is 13.6 Å². The van der Waals surface area contributed by atoms with Gasteiger partial charge in [0.05, 0.1) is 11.8 Å². The number of amides is 1. The predicted octanol–water partition coefficient (Wildman–Crippen LogP) is 3.72. The lowest BCUT2D eigenvalue weighted by Gasteiger charge is -2.26. The standard InChI is InChI=1S/C19H21FN2O2/c1-4-19(5-2,6-3)22-17(23)11-12-18-21-13-16(24-18)14-9-7-8-10-15(14)20/h1,7-10,13H,5-6,11-12H2,2-3H3,(H,22,23). The molecule has 5 heteroatoms. The van der Waals surface area contributed by atoms with Crippen molar-refractivity contribution in [2.45, 2.75) is 45.1 Å². The molecule has 24 heavy (non-hydrogen) atoms. The summed E-state index contributed by atoms with van der Waals surface area (Å²) in [5.74, 6) is 2.88. The van der Waals surface area contributed by atoms with Gasteiger partial charge in [-0.05, 0) is 25.0 Å². The molecular weight excluding hydrogens is 307 g/mol. The zero-order chi connectivity index (χ0) is 17.6. The Balaban J connectivity index is 1.98. The Morgan fingerprint density at radius 1 is 1.38 bits per heavy atom. The Kier molecular flexibility index (Phi) is 5.75. The molecule has 0 aliphatic carbocycles. The Labute approximate surface area is 141 Å². The van der Waals surface area contributed by atoms with E-state index in [1.165, 1.54) is 12.3 Å². The number of aromatic nitrogens is 1. The largest absolute Gasteiger partial charge is 0.441 e. The van der Waals surface area contributed by atoms with Gasteiger partial charge in [0.2, 0.25) is 5.91 Å². The van der Waals surface area contributed by atoms with Crippen molar-refractivity contribution >= 4 is 5.91 Å². The highest BCUT2D eigenvalue weighted by Gasteiger charge is 2.25. The van der Waals surface area contributed by atoms with Gasteiger partial charge in [0.1, 0.15) is 11.4 Å². The highest BCUT2D eigenvalue weighted by molar-refractivity contribution is 5.77. The van der Waals surface area contributed by atoms with E-state index in [1.807, 2.05) is 13.8 Å². The average molecular weight is 328 g/mol. The molecule has 0 fully saturated rings. The fraction of sp³-hybridized carbons (Fsp3) is 0.368. The first-order chi connectivity index (χ1) is 11.5. The molecule has 0 radical (unpaired) electrons. The number of terminal acetylenes is 1. The number of rotatable bonds is 7. The van der Waals surface area contributed by atoms with Crippen molar-refractivity contribution in [1.29, 1.82) is 0 Å². The second kappa shape index (κ2) is 7.78. The highest BCUT2D eigenvalue weighted by atomic mass is 19.1. The molecule has 126 valence electrons. The van der Waals surface area contributed by atoms with E-state index in [0.29, 0.717) is 36.5 Å². The van der Waals surface area contributed by atoms with E-state index in [4.69, 9.17) is 10.8 Å². The van der Waals surface area contributed by atoms with E-state index in [-0.39, 0.29) is 18.1 Å². The molecule has 1 amide bonds. The first-order valence-electron chi connectivity index (χ1n) is 8.02. The van der Waals surface area contributed by atoms with Gasteiger partial charge in [-0.3, -0.25) is 4.79 Å². The van der Waals surface area contributed by atoms with Crippen molar-refractivity contribution in [3.63, 3.8) is 0 Å². The first kappa shape index (κ1) is 17.7. The molecule has 0 unspecified atom stereocenters. The summed E-state index contributed by atoms with van der Waals surface area (Å²) >= 11 is 0. The van der Waals surface area contributed by atoms with Gasteiger partial charge in [-0.25, -0.2) is 9.37 Å². The normalized spacial score (nSPS) is 11.1. The molecule has 0 saturated carbocycles. The lowest BCUT2D eigenvalue weighted by molar-refractivity contribution is -0.122. The summed E-state index contributed by atoms with van der Waals surface area (Å²) in [5, 5.41) is 2.89. The minimum atomic E-state index is -0.605. The van der Waals surface area contributed by atoms with Crippen LogP contribution in [0.1, 0.15) is 39.0 Å². The van der Waals surface area contributed by atoms with E-state index in [0.717, 1.165) is 0 Å². The van der Waals surface area contributed by atoms with Gasteiger partial charge in [0.25, 0.3) is 0 Å². The van der Waals surface area contributed by atoms with Crippen molar-refractivity contribution in [3.8, 4) is 23.7 Å². The van der Waals surface area contributed by atoms with Crippen LogP contribution < -0.4 is 5.32 Å². The summed E-state index contributed by atoms with van der Waals surface area (Å²) in [5.41, 5.74) is -0.254. The quantitative estimate of drug-likeness (QED) is 0.788. The van der Waals surface area contributed by atoms with Crippen molar-refractivity contribution in [2.24, 2.45) is 0 Å². The molecule has 1 aromatic carbocycles. The summed E-state index contributed by atoms with van der Waals surface area (Å²) in [6, 6.07) is 6.32. The SMILES string of the molecule is C#CC(CC)(CC)NC(=O)CCc1ncc(-c2ccccc2F)o1. The molecule has 0 aliphatic heterocycles. The third-order valence-electron chi connectivity index (χ3n) is 4.12. The first-order valence-corrected chi connectivity index (χ1v) is 8.02. The summed E-state index contributed by atoms with van der Waals surface area (Å²) in [7, 11) is 0. The maximum Gasteiger partial charge on any atom is 0.221 e. The lowest BCUT2D eigenvalue weighted by atomic mass is 9.93. The number of hydrogen-bond acceptors (Lipinski definition) is 3. The summed E-state index contributed by atoms with van der Waals surface area (Å²) in [6.45, 7) is 3.89. The molecule has 1 aromatic heterocycles. The van der Waals surface area contributed by atoms with E-state index in [9.17, 15) is 9.18 Å². The molecule has 0 aliphatic rings. The Bertz CT molecular complexity index is 742. The molecule has 0 spiro atoms. The minimum Gasteiger partial charge on any atom is -0.441 e. The molecule has 0 atom stereocenters. The highest BCUT2D eigenvalue weighted by Crippen LogP contribution is 2.23. The minimum absolute atomic E-state index is 0.151. The maximum atomic E-state index is 13.7. The van der Waals surface area contributed by atoms with E-state index in [1.54, 1.807) is 18.2 Å². The van der Waals surface area contributed by atoms with Crippen LogP contribution in [0.4, 0.5) is 4.39 Å². The number of nitrogens with zero attached hydrogens (tertiary/aromatic N) is 1. The number of aryl methyl sites for hydroxylation is 1. The van der Waals surface area contributed by atoms with Crippen LogP contribution in [0.3, 0.4) is 0 Å². The fourth-order valence-corrected chi connectivity index (χ4v) is 2.43. The van der Waals surface area contributed by atoms with Gasteiger partial charge in [-0.2, -0.15) is 0 Å². The molecule has 2 rings (SSSR count). The number of oxazole rings is 1. The number of hydrogen-bond donors (Lipinski definition) is 1. The molecular formula is C19H21FN2O2. The number of benzene rings is 1. The summed E-state index contributed by atoms with van der Waals surface area (Å²) in [6.07, 6.45) is 8.88. The molecule has 0 saturated heterocycles. The van der Waals surface area contributed by atoms with Crippen LogP contribution in [0, 0.1) is 18.2 Å². The maximum absolute atomic E-state index is 13.7. The smallest absolute Gasteiger partial charge is 0.221 e. The van der Waals surface area contributed by atoms with Gasteiger partial charge in [0.15, 0.2) is 11.7 Å². The number of halogens is 1. The van der Waals surface area contributed by atoms with Crippen LogP contribution in [-0.4, -0.2) is 16.4 Å². The van der Waals surface area contributed by atoms with Crippen LogP contribution in [0.5, 0.6) is 0 Å². The van der Waals surface area contributed by atoms with Crippen molar-refractivity contribution in [1.82, 2.24) is 10.3 Å². The Hall–Kier alpha value is -2.61. The molecule has 1 heterocycles. The van der Waals surface area contributed by atoms with Gasteiger partial charge < -0.3 is 9.73 Å². The molecule has 2 aromatic rings. The number of carbonyl (C=O) groups is 1. The Morgan fingerprint density at radius 3 is 2.71 bits per heavy atom. The topological polar surface area (TPSA) is 55.1 Å². The molecule has 0 bridgehead atoms. The van der Waals surface area contributed by atoms with Gasteiger partial charge in [0, 0.05) is 12.8 Å². The van der Waals surface area contributed by atoms with E-state index < -0.39 is 5.54 Å². The van der Waals surface area contributed by atoms with Crippen LogP contribution >= 0.6 is 0 Å². The average Bonchev–Trinajstić information content (AvgIpc) is 3.07. The summed E-state index contributed by atoms with van der Waals surface area (Å²) in [4.78, 5) is 16.2. The van der Waals surface area contributed by atoms with Crippen LogP contribution in [0.25, 0.3) is 11.3 Å². The van der Waals surface area contributed by atoms with Gasteiger partial charge >= 0.3 is 0 Å². The fourth-order valence-electron chi connectivity index (χ4n) is 2.43. The zero-order valence-electron chi connectivity index (χ0n) is 13.9. The van der Waals surface area contributed by atoms with Crippen molar-refractivity contribution in [3.05, 3.63) is 42.2 Å². The van der Waals surface area contributed by atoms with Crippen molar-refractivity contribution in [2.75, 3.05) is 0 Å². The van der Waals surface area contributed by atoms with Gasteiger partial charge in [-0.15, -0.1) is 6.42 Å². The molecule has 1 N–H and O–H groups in total. The number of carbonyl (C=O) groups excluding carboxylic acids is 1. The molecule has 4 nitrogen and oxygen atoms in total. The van der Waals surface area contributed by atoms with Gasteiger partial charge in [-0.1, -0.05) is 31.9 Å². The lowest BCUT2D eigenvalue weighted by Crippen LogP contribution is -2.46. The third-order valence-corrected chi connectivity index (χ3v) is 4.12. The summed E-state index contributed by atoms with van der Waals surface area (Å²) < 4.78 is 19.3. The van der Waals surface area contributed by atoms with E-state index in [2.05, 4.69) is 16.2 Å². The third kappa shape index (κ3) is 4.02. The monoisotopic (exact) mass is 328 g/mol. The Morgan fingerprint density at radius 2 is 2.08 bits per heavy atom. The van der Waals surface area contributed by atoms with Crippen LogP contribution in [0.15, 0.2) is 34.9 Å². The van der Waals surface area contributed by atoms with Crippen LogP contribution in [0.2, 0.25) is 0 Å². The zero-order valence-corrected chi connectivity index (χ0v) is 13.9. The van der Waals surface area contributed by atoms with Crippen LogP contribution in [-0.2, 0) is 11.2 Å². The second-order valence-corrected chi connectivity index (χ2v) is 5.58.